The monoisotopic (exact) mass is 327 g/mol. The van der Waals surface area contributed by atoms with Gasteiger partial charge < -0.3 is 9.73 Å². The van der Waals surface area contributed by atoms with Gasteiger partial charge in [0.05, 0.1) is 5.56 Å². The van der Waals surface area contributed by atoms with Gasteiger partial charge in [-0.2, -0.15) is 0 Å². The van der Waals surface area contributed by atoms with E-state index in [-0.39, 0.29) is 5.91 Å². The lowest BCUT2D eigenvalue weighted by Gasteiger charge is -2.03. The summed E-state index contributed by atoms with van der Waals surface area (Å²) in [6.45, 7) is 1.81. The van der Waals surface area contributed by atoms with Crippen molar-refractivity contribution in [3.63, 3.8) is 0 Å². The van der Waals surface area contributed by atoms with Crippen molar-refractivity contribution in [1.82, 2.24) is 0 Å². The van der Waals surface area contributed by atoms with Crippen LogP contribution in [0, 0.1) is 10.5 Å². The maximum Gasteiger partial charge on any atom is 0.258 e. The van der Waals surface area contributed by atoms with E-state index in [1.807, 2.05) is 31.2 Å². The van der Waals surface area contributed by atoms with Crippen molar-refractivity contribution in [3.05, 3.63) is 51.5 Å². The summed E-state index contributed by atoms with van der Waals surface area (Å²) in [7, 11) is 0. The van der Waals surface area contributed by atoms with Crippen LogP contribution < -0.4 is 5.32 Å². The minimum absolute atomic E-state index is 0.154. The topological polar surface area (TPSA) is 42.2 Å². The van der Waals surface area contributed by atoms with Gasteiger partial charge in [-0.15, -0.1) is 0 Å². The molecule has 16 heavy (non-hydrogen) atoms. The van der Waals surface area contributed by atoms with E-state index in [1.54, 1.807) is 6.07 Å². The highest BCUT2D eigenvalue weighted by atomic mass is 127. The minimum Gasteiger partial charge on any atom is -0.469 e. The number of hydrogen-bond acceptors (Lipinski definition) is 2. The Labute approximate surface area is 107 Å². The van der Waals surface area contributed by atoms with Crippen molar-refractivity contribution in [1.29, 1.82) is 0 Å². The lowest BCUT2D eigenvalue weighted by Crippen LogP contribution is -2.10. The van der Waals surface area contributed by atoms with Crippen molar-refractivity contribution in [2.24, 2.45) is 0 Å². The molecule has 0 unspecified atom stereocenters. The van der Waals surface area contributed by atoms with Gasteiger partial charge in [0.1, 0.15) is 12.0 Å². The van der Waals surface area contributed by atoms with Gasteiger partial charge in [-0.3, -0.25) is 4.79 Å². The largest absolute Gasteiger partial charge is 0.469 e. The maximum atomic E-state index is 11.8. The molecular formula is C12H10INO2. The Morgan fingerprint density at radius 3 is 2.81 bits per heavy atom. The predicted octanol–water partition coefficient (Wildman–Crippen LogP) is 3.44. The molecule has 0 radical (unpaired) electrons. The number of rotatable bonds is 2. The van der Waals surface area contributed by atoms with E-state index in [1.165, 1.54) is 6.26 Å². The highest BCUT2D eigenvalue weighted by molar-refractivity contribution is 14.1. The number of anilines is 1. The van der Waals surface area contributed by atoms with Crippen molar-refractivity contribution in [2.75, 3.05) is 5.32 Å². The molecule has 0 saturated carbocycles. The Balaban J connectivity index is 2.13. The van der Waals surface area contributed by atoms with Crippen LogP contribution in [0.5, 0.6) is 0 Å². The van der Waals surface area contributed by atoms with Crippen LogP contribution in [0.25, 0.3) is 0 Å². The molecule has 4 heteroatoms. The molecule has 1 N–H and O–H groups in total. The Morgan fingerprint density at radius 2 is 2.19 bits per heavy atom. The Bertz CT molecular complexity index is 519. The van der Waals surface area contributed by atoms with Gasteiger partial charge >= 0.3 is 0 Å². The minimum atomic E-state index is -0.154. The second-order valence-corrected chi connectivity index (χ2v) is 4.66. The summed E-state index contributed by atoms with van der Waals surface area (Å²) in [5, 5.41) is 2.81. The molecular weight excluding hydrogens is 317 g/mol. The molecule has 1 heterocycles. The van der Waals surface area contributed by atoms with Crippen LogP contribution in [0.2, 0.25) is 0 Å². The molecule has 1 aromatic heterocycles. The zero-order valence-corrected chi connectivity index (χ0v) is 10.8. The average molecular weight is 327 g/mol. The highest BCUT2D eigenvalue weighted by Gasteiger charge is 2.08. The van der Waals surface area contributed by atoms with E-state index in [0.29, 0.717) is 5.56 Å². The third-order valence-corrected chi connectivity index (χ3v) is 2.75. The third-order valence-electron chi connectivity index (χ3n) is 2.08. The fourth-order valence-electron chi connectivity index (χ4n) is 1.33. The van der Waals surface area contributed by atoms with E-state index in [4.69, 9.17) is 4.42 Å². The summed E-state index contributed by atoms with van der Waals surface area (Å²) >= 11 is 2.20. The maximum absolute atomic E-state index is 11.8. The summed E-state index contributed by atoms with van der Waals surface area (Å²) in [4.78, 5) is 11.8. The molecule has 0 bridgehead atoms. The number of hydrogen-bond donors (Lipinski definition) is 1. The van der Waals surface area contributed by atoms with Crippen LogP contribution >= 0.6 is 22.6 Å². The normalized spacial score (nSPS) is 10.1. The first kappa shape index (κ1) is 11.2. The van der Waals surface area contributed by atoms with Gasteiger partial charge in [0.2, 0.25) is 0 Å². The molecule has 3 nitrogen and oxygen atoms in total. The fourth-order valence-corrected chi connectivity index (χ4v) is 1.88. The lowest BCUT2D eigenvalue weighted by atomic mass is 10.2. The second kappa shape index (κ2) is 4.69. The van der Waals surface area contributed by atoms with Crippen LogP contribution in [-0.4, -0.2) is 5.91 Å². The zero-order valence-electron chi connectivity index (χ0n) is 8.66. The summed E-state index contributed by atoms with van der Waals surface area (Å²) in [5.74, 6) is 0.576. The van der Waals surface area contributed by atoms with Gasteiger partial charge in [-0.05, 0) is 53.8 Å². The van der Waals surface area contributed by atoms with Crippen LogP contribution in [0.1, 0.15) is 16.1 Å². The highest BCUT2D eigenvalue weighted by Crippen LogP contribution is 2.14. The molecule has 1 amide bonds. The number of furan rings is 1. The number of carbonyl (C=O) groups excluding carboxylic acids is 1. The molecule has 0 saturated heterocycles. The number of nitrogens with one attached hydrogen (secondary N) is 1. The predicted molar refractivity (Wildman–Crippen MR) is 70.6 cm³/mol. The smallest absolute Gasteiger partial charge is 0.258 e. The Hall–Kier alpha value is -1.30. The molecule has 1 aromatic carbocycles. The summed E-state index contributed by atoms with van der Waals surface area (Å²) in [6, 6.07) is 9.35. The number of aryl methyl sites for hydroxylation is 1. The third kappa shape index (κ3) is 2.63. The van der Waals surface area contributed by atoms with E-state index in [0.717, 1.165) is 15.0 Å². The van der Waals surface area contributed by atoms with E-state index < -0.39 is 0 Å². The Morgan fingerprint density at radius 1 is 1.38 bits per heavy atom. The number of amides is 1. The average Bonchev–Trinajstić information content (AvgIpc) is 2.65. The van der Waals surface area contributed by atoms with Gasteiger partial charge in [-0.25, -0.2) is 0 Å². The molecule has 2 rings (SSSR count). The molecule has 0 fully saturated rings. The van der Waals surface area contributed by atoms with E-state index >= 15 is 0 Å². The number of benzene rings is 1. The van der Waals surface area contributed by atoms with E-state index in [2.05, 4.69) is 27.9 Å². The van der Waals surface area contributed by atoms with Crippen molar-refractivity contribution in [3.8, 4) is 0 Å². The first-order valence-electron chi connectivity index (χ1n) is 4.77. The van der Waals surface area contributed by atoms with Crippen LogP contribution in [-0.2, 0) is 0 Å². The van der Waals surface area contributed by atoms with Crippen molar-refractivity contribution in [2.45, 2.75) is 6.92 Å². The molecule has 0 aliphatic carbocycles. The first-order valence-corrected chi connectivity index (χ1v) is 5.85. The van der Waals surface area contributed by atoms with Gasteiger partial charge in [0, 0.05) is 9.26 Å². The molecule has 2 aromatic rings. The molecule has 0 aliphatic rings. The first-order chi connectivity index (χ1) is 7.65. The van der Waals surface area contributed by atoms with Gasteiger partial charge in [-0.1, -0.05) is 6.07 Å². The molecule has 0 atom stereocenters. The van der Waals surface area contributed by atoms with Crippen LogP contribution in [0.3, 0.4) is 0 Å². The summed E-state index contributed by atoms with van der Waals surface area (Å²) in [6.07, 6.45) is 1.46. The quantitative estimate of drug-likeness (QED) is 0.859. The van der Waals surface area contributed by atoms with E-state index in [9.17, 15) is 4.79 Å². The molecule has 0 aliphatic heterocycles. The summed E-state index contributed by atoms with van der Waals surface area (Å²) < 4.78 is 6.17. The van der Waals surface area contributed by atoms with Crippen LogP contribution in [0.15, 0.2) is 41.0 Å². The number of carbonyl (C=O) groups is 1. The van der Waals surface area contributed by atoms with Gasteiger partial charge in [0.15, 0.2) is 0 Å². The van der Waals surface area contributed by atoms with Crippen molar-refractivity contribution < 1.29 is 9.21 Å². The SMILES string of the molecule is Cc1cc(C(=O)Nc2cccc(I)c2)co1. The Kier molecular flexibility index (Phi) is 3.28. The van der Waals surface area contributed by atoms with Gasteiger partial charge in [0.25, 0.3) is 5.91 Å². The molecule has 0 spiro atoms. The number of halogens is 1. The molecule has 82 valence electrons. The standard InChI is InChI=1S/C12H10INO2/c1-8-5-9(7-16-8)12(15)14-11-4-2-3-10(13)6-11/h2-7H,1H3,(H,14,15). The lowest BCUT2D eigenvalue weighted by molar-refractivity contribution is 0.102. The summed E-state index contributed by atoms with van der Waals surface area (Å²) in [5.41, 5.74) is 1.33. The zero-order chi connectivity index (χ0) is 11.5. The second-order valence-electron chi connectivity index (χ2n) is 3.41. The fraction of sp³-hybridized carbons (Fsp3) is 0.0833. The van der Waals surface area contributed by atoms with Crippen molar-refractivity contribution >= 4 is 34.2 Å². The van der Waals surface area contributed by atoms with Crippen LogP contribution in [0.4, 0.5) is 5.69 Å².